The van der Waals surface area contributed by atoms with Crippen molar-refractivity contribution in [3.8, 4) is 11.4 Å². The molecule has 180 valence electrons. The molecule has 0 N–H and O–H groups in total. The molecule has 3 heterocycles. The molecule has 0 aliphatic carbocycles. The van der Waals surface area contributed by atoms with Gasteiger partial charge in [-0.25, -0.2) is 9.97 Å². The van der Waals surface area contributed by atoms with Crippen molar-refractivity contribution in [1.29, 1.82) is 0 Å². The third kappa shape index (κ3) is 2.94. The number of nitrogens with zero attached hydrogens (tertiary/aromatic N) is 6. The zero-order valence-electron chi connectivity index (χ0n) is 20.8. The Morgan fingerprint density at radius 1 is 0.706 bits per heavy atom. The molecule has 0 saturated carbocycles. The van der Waals surface area contributed by atoms with Crippen molar-refractivity contribution >= 4 is 11.7 Å². The monoisotopic (exact) mass is 466 g/mol. The Kier molecular flexibility index (Phi) is 5.01. The van der Waals surface area contributed by atoms with E-state index in [1.807, 2.05) is 6.07 Å². The minimum Gasteiger partial charge on any atom is -0.714 e. The SMILES string of the molecule is CC1(C)N([O])C(c2cc(C3=[N+]([O-])C(C)(C)C(C)(C)N3[O])nc(-c3ccccc3)n2)=[N+]([O-])C1(C)C. The van der Waals surface area contributed by atoms with Crippen LogP contribution in [0.2, 0.25) is 0 Å². The highest BCUT2D eigenvalue weighted by atomic mass is 16.5. The maximum Gasteiger partial charge on any atom is 0.335 e. The molecule has 2 aromatic rings. The minimum absolute atomic E-state index is 0.0457. The Balaban J connectivity index is 2.01. The molecule has 2 aliphatic rings. The van der Waals surface area contributed by atoms with Crippen LogP contribution in [0.15, 0.2) is 36.4 Å². The molecular formula is C24H30N6O4. The van der Waals surface area contributed by atoms with E-state index in [9.17, 15) is 20.8 Å². The van der Waals surface area contributed by atoms with Crippen LogP contribution in [0.1, 0.15) is 66.8 Å². The molecule has 1 aromatic carbocycles. The summed E-state index contributed by atoms with van der Waals surface area (Å²) in [4.78, 5) is 9.05. The molecule has 10 nitrogen and oxygen atoms in total. The molecule has 0 fully saturated rings. The molecule has 2 radical (unpaired) electrons. The first-order valence-corrected chi connectivity index (χ1v) is 11.2. The number of hydrogen-bond donors (Lipinski definition) is 0. The third-order valence-corrected chi connectivity index (χ3v) is 8.01. The summed E-state index contributed by atoms with van der Waals surface area (Å²) in [6, 6.07) is 10.4. The van der Waals surface area contributed by atoms with Gasteiger partial charge in [-0.15, -0.1) is 0 Å². The van der Waals surface area contributed by atoms with E-state index in [0.29, 0.717) is 25.2 Å². The van der Waals surface area contributed by atoms with Gasteiger partial charge in [0.1, 0.15) is 11.1 Å². The fourth-order valence-corrected chi connectivity index (χ4v) is 4.03. The highest BCUT2D eigenvalue weighted by Gasteiger charge is 2.62. The van der Waals surface area contributed by atoms with E-state index < -0.39 is 22.2 Å². The lowest BCUT2D eigenvalue weighted by Crippen LogP contribution is -2.53. The summed E-state index contributed by atoms with van der Waals surface area (Å²) in [7, 11) is 0. The average Bonchev–Trinajstić information content (AvgIpc) is 2.97. The summed E-state index contributed by atoms with van der Waals surface area (Å²) in [5, 5.41) is 54.5. The van der Waals surface area contributed by atoms with Crippen LogP contribution in [-0.2, 0) is 10.4 Å². The fourth-order valence-electron chi connectivity index (χ4n) is 4.03. The molecule has 0 spiro atoms. The normalized spacial score (nSPS) is 22.6. The second-order valence-electron chi connectivity index (χ2n) is 10.9. The number of hydrogen-bond acceptors (Lipinski definition) is 6. The van der Waals surface area contributed by atoms with Gasteiger partial charge in [0, 0.05) is 22.0 Å². The predicted octanol–water partition coefficient (Wildman–Crippen LogP) is 3.09. The Morgan fingerprint density at radius 3 is 1.41 bits per heavy atom. The predicted molar refractivity (Wildman–Crippen MR) is 124 cm³/mol. The average molecular weight is 467 g/mol. The highest BCUT2D eigenvalue weighted by molar-refractivity contribution is 5.99. The van der Waals surface area contributed by atoms with Crippen LogP contribution in [0.25, 0.3) is 11.4 Å². The summed E-state index contributed by atoms with van der Waals surface area (Å²) in [6.45, 7) is 13.5. The van der Waals surface area contributed by atoms with E-state index >= 15 is 0 Å². The van der Waals surface area contributed by atoms with Crippen LogP contribution in [0.5, 0.6) is 0 Å². The molecule has 2 aliphatic heterocycles. The number of hydroxylamine groups is 6. The summed E-state index contributed by atoms with van der Waals surface area (Å²) < 4.78 is 1.30. The quantitative estimate of drug-likeness (QED) is 0.506. The van der Waals surface area contributed by atoms with Crippen molar-refractivity contribution in [2.45, 2.75) is 77.5 Å². The number of aromatic nitrogens is 2. The van der Waals surface area contributed by atoms with Gasteiger partial charge in [0.15, 0.2) is 28.3 Å². The molecule has 10 heteroatoms. The fraction of sp³-hybridized carbons (Fsp3) is 0.500. The van der Waals surface area contributed by atoms with E-state index in [-0.39, 0.29) is 28.9 Å². The van der Waals surface area contributed by atoms with Gasteiger partial charge in [-0.1, -0.05) is 40.5 Å². The highest BCUT2D eigenvalue weighted by Crippen LogP contribution is 2.39. The van der Waals surface area contributed by atoms with Crippen LogP contribution in [0.3, 0.4) is 0 Å². The second-order valence-corrected chi connectivity index (χ2v) is 10.9. The van der Waals surface area contributed by atoms with Gasteiger partial charge < -0.3 is 10.4 Å². The minimum atomic E-state index is -1.05. The molecule has 0 saturated heterocycles. The number of amidine groups is 2. The van der Waals surface area contributed by atoms with E-state index in [1.165, 1.54) is 6.07 Å². The first-order valence-electron chi connectivity index (χ1n) is 11.2. The van der Waals surface area contributed by atoms with Crippen LogP contribution in [0.4, 0.5) is 0 Å². The Labute approximate surface area is 199 Å². The van der Waals surface area contributed by atoms with E-state index in [2.05, 4.69) is 9.97 Å². The molecule has 0 bridgehead atoms. The lowest BCUT2D eigenvalue weighted by Gasteiger charge is -2.32. The van der Waals surface area contributed by atoms with Crippen molar-refractivity contribution in [2.75, 3.05) is 0 Å². The van der Waals surface area contributed by atoms with Crippen molar-refractivity contribution < 1.29 is 19.9 Å². The zero-order chi connectivity index (χ0) is 25.4. The molecule has 0 unspecified atom stereocenters. The first kappa shape index (κ1) is 23.9. The molecule has 34 heavy (non-hydrogen) atoms. The molecule has 1 aromatic heterocycles. The molecular weight excluding hydrogens is 436 g/mol. The van der Waals surface area contributed by atoms with Gasteiger partial charge in [-0.3, -0.25) is 9.48 Å². The van der Waals surface area contributed by atoms with Gasteiger partial charge in [0.25, 0.3) is 0 Å². The van der Waals surface area contributed by atoms with Crippen LogP contribution >= 0.6 is 0 Å². The topological polar surface area (TPSA) is 124 Å². The van der Waals surface area contributed by atoms with Gasteiger partial charge in [-0.05, 0) is 55.4 Å². The lowest BCUT2D eigenvalue weighted by atomic mass is 9.84. The van der Waals surface area contributed by atoms with Crippen LogP contribution < -0.4 is 0 Å². The maximum absolute atomic E-state index is 13.3. The van der Waals surface area contributed by atoms with Gasteiger partial charge in [-0.2, -0.15) is 0 Å². The smallest absolute Gasteiger partial charge is 0.335 e. The summed E-state index contributed by atoms with van der Waals surface area (Å²) in [5.74, 6) is -0.188. The maximum atomic E-state index is 13.3. The Hall–Kier alpha value is -3.24. The summed E-state index contributed by atoms with van der Waals surface area (Å²) in [5.41, 5.74) is -3.51. The Morgan fingerprint density at radius 2 is 1.09 bits per heavy atom. The van der Waals surface area contributed by atoms with E-state index in [0.717, 1.165) is 0 Å². The van der Waals surface area contributed by atoms with Crippen molar-refractivity contribution in [1.82, 2.24) is 20.1 Å². The molecule has 0 amide bonds. The van der Waals surface area contributed by atoms with E-state index in [4.69, 9.17) is 0 Å². The Bertz CT molecular complexity index is 1140. The number of benzene rings is 1. The van der Waals surface area contributed by atoms with Gasteiger partial charge >= 0.3 is 11.7 Å². The van der Waals surface area contributed by atoms with Gasteiger partial charge in [0.05, 0.1) is 0 Å². The third-order valence-electron chi connectivity index (χ3n) is 8.01. The molecule has 4 rings (SSSR count). The summed E-state index contributed by atoms with van der Waals surface area (Å²) in [6.07, 6.45) is 0. The van der Waals surface area contributed by atoms with Crippen molar-refractivity contribution in [3.05, 3.63) is 58.2 Å². The largest absolute Gasteiger partial charge is 0.714 e. The van der Waals surface area contributed by atoms with E-state index in [1.54, 1.807) is 79.7 Å². The van der Waals surface area contributed by atoms with Crippen LogP contribution in [-0.4, -0.2) is 63.4 Å². The zero-order valence-corrected chi connectivity index (χ0v) is 20.8. The first-order chi connectivity index (χ1) is 15.6. The van der Waals surface area contributed by atoms with Crippen LogP contribution in [0, 0.1) is 10.4 Å². The van der Waals surface area contributed by atoms with Crippen molar-refractivity contribution in [3.63, 3.8) is 0 Å². The summed E-state index contributed by atoms with van der Waals surface area (Å²) >= 11 is 0. The number of rotatable bonds is 3. The van der Waals surface area contributed by atoms with Crippen molar-refractivity contribution in [2.24, 2.45) is 0 Å². The second kappa shape index (κ2) is 7.13. The van der Waals surface area contributed by atoms with Gasteiger partial charge in [0.2, 0.25) is 0 Å². The standard InChI is InChI=1S/C24H30N6O4/c1-21(2)22(3,4)28(32)19(27(21)31)16-14-17(26-18(25-16)15-12-10-9-11-13-15)20-29(33)23(5,6)24(7,8)30(20)34/h9-14H,1-8H3. The lowest BCUT2D eigenvalue weighted by molar-refractivity contribution is -0.539. The molecule has 0 atom stereocenters.